The van der Waals surface area contributed by atoms with E-state index in [0.717, 1.165) is 0 Å². The number of anilines is 1. The third kappa shape index (κ3) is 2.34. The molecule has 1 aliphatic rings. The molecule has 20 heavy (non-hydrogen) atoms. The summed E-state index contributed by atoms with van der Waals surface area (Å²) in [6.07, 6.45) is 1.13. The lowest BCUT2D eigenvalue weighted by molar-refractivity contribution is -0.119. The van der Waals surface area contributed by atoms with Crippen molar-refractivity contribution in [3.8, 4) is 11.5 Å². The minimum absolute atomic E-state index is 0.0671. The van der Waals surface area contributed by atoms with E-state index in [1.807, 2.05) is 0 Å². The summed E-state index contributed by atoms with van der Waals surface area (Å²) in [6.45, 7) is 0. The van der Waals surface area contributed by atoms with E-state index < -0.39 is 5.41 Å². The predicted molar refractivity (Wildman–Crippen MR) is 73.3 cm³/mol. The number of benzene rings is 1. The van der Waals surface area contributed by atoms with Crippen LogP contribution in [0.2, 0.25) is 0 Å². The standard InChI is InChI=1S/C13H17N3O4/c1-19-8-3-4-9(10(7-8)20-2)15-12(17)13(5-6-13)11(14)16-18/h3-4,7,18H,5-6H2,1-2H3,(H2,14,16)(H,15,17). The predicted octanol–water partition coefficient (Wildman–Crippen LogP) is 1.17. The molecule has 1 aromatic rings. The number of nitrogens with one attached hydrogen (secondary N) is 1. The van der Waals surface area contributed by atoms with Crippen LogP contribution in [0.15, 0.2) is 23.4 Å². The summed E-state index contributed by atoms with van der Waals surface area (Å²) in [4.78, 5) is 12.2. The molecule has 1 amide bonds. The zero-order chi connectivity index (χ0) is 14.8. The van der Waals surface area contributed by atoms with Gasteiger partial charge in [0.1, 0.15) is 16.9 Å². The number of amides is 1. The molecule has 0 bridgehead atoms. The molecule has 1 fully saturated rings. The van der Waals surface area contributed by atoms with Crippen LogP contribution in [0.1, 0.15) is 12.8 Å². The van der Waals surface area contributed by atoms with Crippen LogP contribution < -0.4 is 20.5 Å². The lowest BCUT2D eigenvalue weighted by Crippen LogP contribution is -2.36. The summed E-state index contributed by atoms with van der Waals surface area (Å²) in [7, 11) is 3.05. The van der Waals surface area contributed by atoms with Crippen LogP contribution in [0.25, 0.3) is 0 Å². The molecule has 7 nitrogen and oxygen atoms in total. The van der Waals surface area contributed by atoms with E-state index in [0.29, 0.717) is 30.0 Å². The number of amidine groups is 1. The zero-order valence-corrected chi connectivity index (χ0v) is 11.3. The van der Waals surface area contributed by atoms with Crippen LogP contribution in [0, 0.1) is 5.41 Å². The van der Waals surface area contributed by atoms with Gasteiger partial charge >= 0.3 is 0 Å². The van der Waals surface area contributed by atoms with Gasteiger partial charge in [0.15, 0.2) is 5.84 Å². The van der Waals surface area contributed by atoms with Gasteiger partial charge in [0.25, 0.3) is 0 Å². The van der Waals surface area contributed by atoms with Crippen molar-refractivity contribution in [1.29, 1.82) is 0 Å². The molecule has 108 valence electrons. The molecule has 0 unspecified atom stereocenters. The average Bonchev–Trinajstić information content (AvgIpc) is 3.28. The topological polar surface area (TPSA) is 106 Å². The highest BCUT2D eigenvalue weighted by Crippen LogP contribution is 2.47. The Balaban J connectivity index is 2.20. The Bertz CT molecular complexity index is 553. The van der Waals surface area contributed by atoms with Crippen LogP contribution in [0.5, 0.6) is 11.5 Å². The van der Waals surface area contributed by atoms with Crippen LogP contribution in [0.3, 0.4) is 0 Å². The molecule has 0 saturated heterocycles. The van der Waals surface area contributed by atoms with Crippen LogP contribution >= 0.6 is 0 Å². The zero-order valence-electron chi connectivity index (χ0n) is 11.3. The van der Waals surface area contributed by atoms with Gasteiger partial charge in [-0.05, 0) is 25.0 Å². The number of nitrogens with two attached hydrogens (primary N) is 1. The van der Waals surface area contributed by atoms with Gasteiger partial charge in [-0.1, -0.05) is 5.16 Å². The average molecular weight is 279 g/mol. The molecule has 0 radical (unpaired) electrons. The Labute approximate surface area is 116 Å². The monoisotopic (exact) mass is 279 g/mol. The van der Waals surface area contributed by atoms with E-state index in [9.17, 15) is 4.79 Å². The van der Waals surface area contributed by atoms with Gasteiger partial charge in [0, 0.05) is 6.07 Å². The third-order valence-corrected chi connectivity index (χ3v) is 3.44. The number of oxime groups is 1. The minimum atomic E-state index is -0.903. The third-order valence-electron chi connectivity index (χ3n) is 3.44. The maximum atomic E-state index is 12.2. The lowest BCUT2D eigenvalue weighted by Gasteiger charge is -2.16. The van der Waals surface area contributed by atoms with Crippen molar-refractivity contribution in [3.63, 3.8) is 0 Å². The molecule has 0 heterocycles. The second-order valence-corrected chi connectivity index (χ2v) is 4.59. The summed E-state index contributed by atoms with van der Waals surface area (Å²) in [6, 6.07) is 5.05. The van der Waals surface area contributed by atoms with E-state index >= 15 is 0 Å². The molecule has 1 saturated carbocycles. The van der Waals surface area contributed by atoms with Gasteiger partial charge in [0.05, 0.1) is 19.9 Å². The van der Waals surface area contributed by atoms with E-state index in [1.165, 1.54) is 7.11 Å². The maximum absolute atomic E-state index is 12.2. The summed E-state index contributed by atoms with van der Waals surface area (Å²) in [5.74, 6) is 0.726. The number of carbonyl (C=O) groups excluding carboxylic acids is 1. The Hall–Kier alpha value is -2.44. The van der Waals surface area contributed by atoms with Crippen molar-refractivity contribution in [1.82, 2.24) is 0 Å². The first-order chi connectivity index (χ1) is 9.57. The van der Waals surface area contributed by atoms with Gasteiger partial charge in [-0.15, -0.1) is 0 Å². The SMILES string of the molecule is COc1ccc(NC(=O)C2(/C(N)=N/O)CC2)c(OC)c1. The number of rotatable bonds is 5. The molecule has 0 atom stereocenters. The van der Waals surface area contributed by atoms with Crippen LogP contribution in [-0.2, 0) is 4.79 Å². The quantitative estimate of drug-likeness (QED) is 0.324. The second-order valence-electron chi connectivity index (χ2n) is 4.59. The number of carbonyl (C=O) groups is 1. The molecule has 1 aliphatic carbocycles. The summed E-state index contributed by atoms with van der Waals surface area (Å²) >= 11 is 0. The first-order valence-electron chi connectivity index (χ1n) is 6.09. The molecule has 0 spiro atoms. The molecule has 0 aromatic heterocycles. The smallest absolute Gasteiger partial charge is 0.238 e. The van der Waals surface area contributed by atoms with E-state index in [1.54, 1.807) is 25.3 Å². The highest BCUT2D eigenvalue weighted by molar-refractivity contribution is 6.14. The molecule has 4 N–H and O–H groups in total. The summed E-state index contributed by atoms with van der Waals surface area (Å²) in [5.41, 5.74) is 5.18. The summed E-state index contributed by atoms with van der Waals surface area (Å²) in [5, 5.41) is 14.4. The normalized spacial score (nSPS) is 16.4. The molecule has 1 aromatic carbocycles. The van der Waals surface area contributed by atoms with Crippen LogP contribution in [0.4, 0.5) is 5.69 Å². The highest BCUT2D eigenvalue weighted by Gasteiger charge is 2.54. The van der Waals surface area contributed by atoms with Gasteiger partial charge in [-0.25, -0.2) is 0 Å². The van der Waals surface area contributed by atoms with Crippen molar-refractivity contribution in [2.24, 2.45) is 16.3 Å². The van der Waals surface area contributed by atoms with Crippen molar-refractivity contribution < 1.29 is 19.5 Å². The van der Waals surface area contributed by atoms with Gasteiger partial charge < -0.3 is 25.7 Å². The first kappa shape index (κ1) is 14.0. The fourth-order valence-corrected chi connectivity index (χ4v) is 1.96. The van der Waals surface area contributed by atoms with Crippen molar-refractivity contribution in [2.75, 3.05) is 19.5 Å². The van der Waals surface area contributed by atoms with Gasteiger partial charge in [-0.3, -0.25) is 4.79 Å². The number of methoxy groups -OCH3 is 2. The Morgan fingerprint density at radius 3 is 2.60 bits per heavy atom. The molecule has 0 aliphatic heterocycles. The van der Waals surface area contributed by atoms with Gasteiger partial charge in [0.2, 0.25) is 5.91 Å². The molecule has 7 heteroatoms. The number of hydrogen-bond acceptors (Lipinski definition) is 5. The van der Waals surface area contributed by atoms with E-state index in [4.69, 9.17) is 20.4 Å². The first-order valence-corrected chi connectivity index (χ1v) is 6.09. The maximum Gasteiger partial charge on any atom is 0.238 e. The number of ether oxygens (including phenoxy) is 2. The summed E-state index contributed by atoms with van der Waals surface area (Å²) < 4.78 is 10.3. The van der Waals surface area contributed by atoms with Crippen molar-refractivity contribution in [2.45, 2.75) is 12.8 Å². The Morgan fingerprint density at radius 1 is 1.40 bits per heavy atom. The molecular weight excluding hydrogens is 262 g/mol. The largest absolute Gasteiger partial charge is 0.497 e. The van der Waals surface area contributed by atoms with Crippen LogP contribution in [-0.4, -0.2) is 31.2 Å². The fourth-order valence-electron chi connectivity index (χ4n) is 1.96. The van der Waals surface area contributed by atoms with Crippen molar-refractivity contribution in [3.05, 3.63) is 18.2 Å². The van der Waals surface area contributed by atoms with Crippen molar-refractivity contribution >= 4 is 17.4 Å². The Kier molecular flexibility index (Phi) is 3.69. The second kappa shape index (κ2) is 5.28. The van der Waals surface area contributed by atoms with E-state index in [2.05, 4.69) is 10.5 Å². The van der Waals surface area contributed by atoms with Gasteiger partial charge in [-0.2, -0.15) is 0 Å². The number of nitrogens with zero attached hydrogens (tertiary/aromatic N) is 1. The lowest BCUT2D eigenvalue weighted by atomic mass is 10.1. The van der Waals surface area contributed by atoms with E-state index in [-0.39, 0.29) is 11.7 Å². The molecule has 2 rings (SSSR count). The number of hydrogen-bond donors (Lipinski definition) is 3. The fraction of sp³-hybridized carbons (Fsp3) is 0.385. The highest BCUT2D eigenvalue weighted by atomic mass is 16.5. The molecular formula is C13H17N3O4. The minimum Gasteiger partial charge on any atom is -0.497 e. The Morgan fingerprint density at radius 2 is 2.10 bits per heavy atom.